The van der Waals surface area contributed by atoms with Crippen molar-refractivity contribution >= 4 is 15.8 Å². The molecule has 0 heterocycles. The zero-order valence-corrected chi connectivity index (χ0v) is 10.7. The molecule has 1 unspecified atom stereocenters. The highest BCUT2D eigenvalue weighted by molar-refractivity contribution is 7.90. The van der Waals surface area contributed by atoms with E-state index in [1.807, 2.05) is 0 Å². The van der Waals surface area contributed by atoms with Crippen molar-refractivity contribution in [3.8, 4) is 0 Å². The van der Waals surface area contributed by atoms with Crippen LogP contribution >= 0.6 is 0 Å². The van der Waals surface area contributed by atoms with E-state index in [0.29, 0.717) is 12.8 Å². The van der Waals surface area contributed by atoms with Crippen molar-refractivity contribution in [2.45, 2.75) is 24.7 Å². The Morgan fingerprint density at radius 3 is 2.24 bits per heavy atom. The molecule has 0 saturated carbocycles. The molecule has 0 aliphatic carbocycles. The molecule has 1 aromatic rings. The topological polar surface area (TPSA) is 71.4 Å². The molecule has 1 N–H and O–H groups in total. The first-order valence-electron chi connectivity index (χ1n) is 5.32. The van der Waals surface area contributed by atoms with Crippen LogP contribution in [0.5, 0.6) is 0 Å². The van der Waals surface area contributed by atoms with Gasteiger partial charge in [-0.05, 0) is 30.5 Å². The number of aryl methyl sites for hydroxylation is 1. The van der Waals surface area contributed by atoms with Crippen molar-refractivity contribution in [1.29, 1.82) is 0 Å². The number of aliphatic carboxylic acids is 1. The third-order valence-electron chi connectivity index (χ3n) is 2.64. The van der Waals surface area contributed by atoms with Crippen LogP contribution in [0.1, 0.15) is 18.9 Å². The molecule has 0 fully saturated rings. The van der Waals surface area contributed by atoms with Crippen molar-refractivity contribution in [2.75, 3.05) is 6.26 Å². The van der Waals surface area contributed by atoms with Gasteiger partial charge in [-0.25, -0.2) is 8.42 Å². The Labute approximate surface area is 101 Å². The van der Waals surface area contributed by atoms with E-state index in [1.54, 1.807) is 31.2 Å². The molecule has 0 bridgehead atoms. The largest absolute Gasteiger partial charge is 0.481 e. The minimum Gasteiger partial charge on any atom is -0.481 e. The van der Waals surface area contributed by atoms with Gasteiger partial charge >= 0.3 is 5.97 Å². The van der Waals surface area contributed by atoms with E-state index in [-0.39, 0.29) is 10.8 Å². The smallest absolute Gasteiger partial charge is 0.306 e. The Morgan fingerprint density at radius 2 is 1.82 bits per heavy atom. The lowest BCUT2D eigenvalue weighted by Gasteiger charge is -2.06. The van der Waals surface area contributed by atoms with Gasteiger partial charge in [-0.3, -0.25) is 4.79 Å². The highest BCUT2D eigenvalue weighted by Gasteiger charge is 2.11. The molecule has 0 aliphatic rings. The van der Waals surface area contributed by atoms with Gasteiger partial charge < -0.3 is 5.11 Å². The van der Waals surface area contributed by atoms with Crippen molar-refractivity contribution < 1.29 is 18.3 Å². The Bertz CT molecular complexity index is 488. The summed E-state index contributed by atoms with van der Waals surface area (Å²) in [5, 5.41) is 8.73. The normalized spacial score (nSPS) is 13.3. The number of hydrogen-bond donors (Lipinski definition) is 1. The number of sulfone groups is 1. The fourth-order valence-electron chi connectivity index (χ4n) is 1.41. The van der Waals surface area contributed by atoms with Crippen LogP contribution in [0.15, 0.2) is 29.2 Å². The van der Waals surface area contributed by atoms with Crippen LogP contribution in [0, 0.1) is 5.92 Å². The quantitative estimate of drug-likeness (QED) is 0.871. The Balaban J connectivity index is 2.67. The minimum absolute atomic E-state index is 0.285. The third-order valence-corrected chi connectivity index (χ3v) is 3.77. The Kier molecular flexibility index (Phi) is 4.28. The van der Waals surface area contributed by atoms with E-state index in [0.717, 1.165) is 11.8 Å². The maximum atomic E-state index is 11.2. The predicted molar refractivity (Wildman–Crippen MR) is 64.7 cm³/mol. The van der Waals surface area contributed by atoms with Gasteiger partial charge in [-0.15, -0.1) is 0 Å². The molecule has 0 spiro atoms. The summed E-state index contributed by atoms with van der Waals surface area (Å²) < 4.78 is 22.4. The number of carboxylic acid groups (broad SMARTS) is 1. The molecular formula is C12H16O4S. The molecule has 0 amide bonds. The van der Waals surface area contributed by atoms with E-state index in [2.05, 4.69) is 0 Å². The monoisotopic (exact) mass is 256 g/mol. The van der Waals surface area contributed by atoms with E-state index >= 15 is 0 Å². The molecule has 1 rings (SSSR count). The minimum atomic E-state index is -3.16. The van der Waals surface area contributed by atoms with Crippen molar-refractivity contribution in [3.05, 3.63) is 29.8 Å². The average molecular weight is 256 g/mol. The number of carboxylic acids is 1. The first kappa shape index (κ1) is 13.7. The van der Waals surface area contributed by atoms with Gasteiger partial charge in [0.05, 0.1) is 10.8 Å². The number of rotatable bonds is 5. The first-order valence-corrected chi connectivity index (χ1v) is 7.21. The second kappa shape index (κ2) is 5.31. The van der Waals surface area contributed by atoms with Crippen LogP contribution in [0.4, 0.5) is 0 Å². The molecule has 0 aromatic heterocycles. The SMILES string of the molecule is CC(CCc1ccc(S(C)(=O)=O)cc1)C(=O)O. The fraction of sp³-hybridized carbons (Fsp3) is 0.417. The molecule has 17 heavy (non-hydrogen) atoms. The van der Waals surface area contributed by atoms with Crippen molar-refractivity contribution in [2.24, 2.45) is 5.92 Å². The van der Waals surface area contributed by atoms with Gasteiger partial charge in [0, 0.05) is 6.26 Å². The summed E-state index contributed by atoms with van der Waals surface area (Å²) in [6.45, 7) is 1.66. The number of hydrogen-bond acceptors (Lipinski definition) is 3. The molecular weight excluding hydrogens is 240 g/mol. The van der Waals surface area contributed by atoms with Gasteiger partial charge in [-0.1, -0.05) is 19.1 Å². The van der Waals surface area contributed by atoms with Crippen molar-refractivity contribution in [3.63, 3.8) is 0 Å². The first-order chi connectivity index (χ1) is 7.80. The molecule has 0 saturated heterocycles. The lowest BCUT2D eigenvalue weighted by atomic mass is 10.0. The van der Waals surface area contributed by atoms with Crippen LogP contribution in [-0.2, 0) is 21.1 Å². The highest BCUT2D eigenvalue weighted by atomic mass is 32.2. The van der Waals surface area contributed by atoms with Crippen molar-refractivity contribution in [1.82, 2.24) is 0 Å². The van der Waals surface area contributed by atoms with Gasteiger partial charge in [0.2, 0.25) is 0 Å². The Hall–Kier alpha value is -1.36. The highest BCUT2D eigenvalue weighted by Crippen LogP contribution is 2.13. The maximum absolute atomic E-state index is 11.2. The molecule has 5 heteroatoms. The lowest BCUT2D eigenvalue weighted by molar-refractivity contribution is -0.141. The zero-order chi connectivity index (χ0) is 13.1. The lowest BCUT2D eigenvalue weighted by Crippen LogP contribution is -2.10. The molecule has 1 aromatic carbocycles. The second-order valence-electron chi connectivity index (χ2n) is 4.19. The summed E-state index contributed by atoms with van der Waals surface area (Å²) in [6, 6.07) is 6.56. The molecule has 0 radical (unpaired) electrons. The van der Waals surface area contributed by atoms with Crippen LogP contribution in [0.2, 0.25) is 0 Å². The fourth-order valence-corrected chi connectivity index (χ4v) is 2.04. The van der Waals surface area contributed by atoms with E-state index in [9.17, 15) is 13.2 Å². The second-order valence-corrected chi connectivity index (χ2v) is 6.21. The summed E-state index contributed by atoms with van der Waals surface area (Å²) in [7, 11) is -3.16. The van der Waals surface area contributed by atoms with Crippen LogP contribution in [-0.4, -0.2) is 25.7 Å². The van der Waals surface area contributed by atoms with Crippen LogP contribution in [0.25, 0.3) is 0 Å². The molecule has 1 atom stereocenters. The van der Waals surface area contributed by atoms with Gasteiger partial charge in [-0.2, -0.15) is 0 Å². The van der Waals surface area contributed by atoms with Crippen LogP contribution in [0.3, 0.4) is 0 Å². The van der Waals surface area contributed by atoms with Crippen LogP contribution < -0.4 is 0 Å². The summed E-state index contributed by atoms with van der Waals surface area (Å²) in [5.74, 6) is -1.19. The molecule has 94 valence electrons. The average Bonchev–Trinajstić information content (AvgIpc) is 2.25. The number of benzene rings is 1. The number of carbonyl (C=O) groups is 1. The summed E-state index contributed by atoms with van der Waals surface area (Å²) >= 11 is 0. The molecule has 0 aliphatic heterocycles. The van der Waals surface area contributed by atoms with E-state index < -0.39 is 15.8 Å². The molecule has 4 nitrogen and oxygen atoms in total. The van der Waals surface area contributed by atoms with E-state index in [4.69, 9.17) is 5.11 Å². The predicted octanol–water partition coefficient (Wildman–Crippen LogP) is 1.74. The summed E-state index contributed by atoms with van der Waals surface area (Å²) in [4.78, 5) is 10.9. The van der Waals surface area contributed by atoms with Gasteiger partial charge in [0.1, 0.15) is 0 Å². The Morgan fingerprint density at radius 1 is 1.29 bits per heavy atom. The standard InChI is InChI=1S/C12H16O4S/c1-9(12(13)14)3-4-10-5-7-11(8-6-10)17(2,15)16/h5-9H,3-4H2,1-2H3,(H,13,14). The van der Waals surface area contributed by atoms with E-state index in [1.165, 1.54) is 0 Å². The summed E-state index contributed by atoms with van der Waals surface area (Å²) in [6.07, 6.45) is 2.35. The van der Waals surface area contributed by atoms with Gasteiger partial charge in [0.25, 0.3) is 0 Å². The summed E-state index contributed by atoms with van der Waals surface area (Å²) in [5.41, 5.74) is 0.950. The van der Waals surface area contributed by atoms with Gasteiger partial charge in [0.15, 0.2) is 9.84 Å². The third kappa shape index (κ3) is 4.19. The maximum Gasteiger partial charge on any atom is 0.306 e. The zero-order valence-electron chi connectivity index (χ0n) is 9.88.